The molecule has 1 aromatic carbocycles. The Morgan fingerprint density at radius 3 is 2.74 bits per heavy atom. The van der Waals surface area contributed by atoms with Crippen molar-refractivity contribution in [2.45, 2.75) is 26.7 Å². The highest BCUT2D eigenvalue weighted by Crippen LogP contribution is 2.18. The molecule has 0 spiro atoms. The van der Waals surface area contributed by atoms with Gasteiger partial charge in [-0.05, 0) is 31.0 Å². The second-order valence-corrected chi connectivity index (χ2v) is 6.11. The smallest absolute Gasteiger partial charge is 0.232 e. The van der Waals surface area contributed by atoms with Crippen LogP contribution >= 0.6 is 0 Å². The molecular weight excluding hydrogens is 262 g/mol. The standard InChI is InChI=1S/C14H19NO3S/c1-3-4-10-19(17,18)15-14-11-13(6-5-9-16)8-7-12(14)2/h7-8,11,15-16H,3-4,9-10H2,1-2H3. The topological polar surface area (TPSA) is 66.4 Å². The van der Waals surface area contributed by atoms with Gasteiger partial charge in [0, 0.05) is 5.56 Å². The molecule has 0 aliphatic carbocycles. The van der Waals surface area contributed by atoms with E-state index in [0.29, 0.717) is 17.7 Å². The van der Waals surface area contributed by atoms with Gasteiger partial charge < -0.3 is 5.11 Å². The minimum absolute atomic E-state index is 0.121. The Morgan fingerprint density at radius 2 is 2.11 bits per heavy atom. The third kappa shape index (κ3) is 5.33. The summed E-state index contributed by atoms with van der Waals surface area (Å²) in [5.41, 5.74) is 2.06. The Hall–Kier alpha value is -1.51. The zero-order valence-electron chi connectivity index (χ0n) is 11.2. The predicted molar refractivity (Wildman–Crippen MR) is 77.5 cm³/mol. The second kappa shape index (κ2) is 7.17. The summed E-state index contributed by atoms with van der Waals surface area (Å²) in [5, 5.41) is 8.65. The Labute approximate surface area is 114 Å². The lowest BCUT2D eigenvalue weighted by molar-refractivity contribution is 0.350. The molecule has 0 fully saturated rings. The van der Waals surface area contributed by atoms with Crippen molar-refractivity contribution >= 4 is 15.7 Å². The number of hydrogen-bond acceptors (Lipinski definition) is 3. The number of aryl methyl sites for hydroxylation is 1. The molecule has 0 unspecified atom stereocenters. The zero-order chi connectivity index (χ0) is 14.3. The number of hydrogen-bond donors (Lipinski definition) is 2. The lowest BCUT2D eigenvalue weighted by Gasteiger charge is -2.10. The monoisotopic (exact) mass is 281 g/mol. The van der Waals surface area contributed by atoms with Crippen LogP contribution in [0.15, 0.2) is 18.2 Å². The zero-order valence-corrected chi connectivity index (χ0v) is 12.0. The van der Waals surface area contributed by atoms with Gasteiger partial charge in [0.2, 0.25) is 10.0 Å². The number of sulfonamides is 1. The van der Waals surface area contributed by atoms with Crippen molar-refractivity contribution < 1.29 is 13.5 Å². The summed E-state index contributed by atoms with van der Waals surface area (Å²) in [4.78, 5) is 0. The molecule has 2 N–H and O–H groups in total. The predicted octanol–water partition coefficient (Wildman–Crippen LogP) is 1.88. The second-order valence-electron chi connectivity index (χ2n) is 4.26. The highest BCUT2D eigenvalue weighted by atomic mass is 32.2. The summed E-state index contributed by atoms with van der Waals surface area (Å²) in [7, 11) is -3.30. The van der Waals surface area contributed by atoms with Crippen LogP contribution in [0.2, 0.25) is 0 Å². The summed E-state index contributed by atoms with van der Waals surface area (Å²) in [6.45, 7) is 3.57. The van der Waals surface area contributed by atoms with E-state index in [2.05, 4.69) is 16.6 Å². The Kier molecular flexibility index (Phi) is 5.87. The van der Waals surface area contributed by atoms with Crippen LogP contribution in [-0.4, -0.2) is 25.9 Å². The van der Waals surface area contributed by atoms with E-state index in [1.807, 2.05) is 13.8 Å². The number of benzene rings is 1. The molecule has 0 aliphatic heterocycles. The number of nitrogens with one attached hydrogen (secondary N) is 1. The van der Waals surface area contributed by atoms with Crippen molar-refractivity contribution in [2.75, 3.05) is 17.1 Å². The van der Waals surface area contributed by atoms with Gasteiger partial charge in [0.15, 0.2) is 0 Å². The van der Waals surface area contributed by atoms with Crippen LogP contribution in [0.25, 0.3) is 0 Å². The molecule has 1 rings (SSSR count). The van der Waals surface area contributed by atoms with Gasteiger partial charge in [-0.1, -0.05) is 31.3 Å². The largest absolute Gasteiger partial charge is 0.384 e. The molecule has 0 saturated heterocycles. The highest BCUT2D eigenvalue weighted by Gasteiger charge is 2.11. The first-order valence-electron chi connectivity index (χ1n) is 6.19. The van der Waals surface area contributed by atoms with Crippen molar-refractivity contribution in [3.8, 4) is 11.8 Å². The van der Waals surface area contributed by atoms with E-state index >= 15 is 0 Å². The van der Waals surface area contributed by atoms with E-state index in [1.54, 1.807) is 18.2 Å². The number of rotatable bonds is 5. The maximum absolute atomic E-state index is 11.8. The Morgan fingerprint density at radius 1 is 1.37 bits per heavy atom. The van der Waals surface area contributed by atoms with E-state index < -0.39 is 10.0 Å². The number of anilines is 1. The molecule has 0 aliphatic rings. The summed E-state index contributed by atoms with van der Waals surface area (Å²) >= 11 is 0. The third-order valence-electron chi connectivity index (χ3n) is 2.58. The molecule has 0 amide bonds. The van der Waals surface area contributed by atoms with E-state index in [-0.39, 0.29) is 12.4 Å². The number of aliphatic hydroxyl groups excluding tert-OH is 1. The average molecular weight is 281 g/mol. The summed E-state index contributed by atoms with van der Waals surface area (Å²) in [6.07, 6.45) is 1.47. The van der Waals surface area contributed by atoms with Crippen molar-refractivity contribution in [3.05, 3.63) is 29.3 Å². The van der Waals surface area contributed by atoms with Crippen LogP contribution in [0.4, 0.5) is 5.69 Å². The normalized spacial score (nSPS) is 10.7. The van der Waals surface area contributed by atoms with Gasteiger partial charge in [-0.15, -0.1) is 0 Å². The molecule has 4 nitrogen and oxygen atoms in total. The molecule has 1 aromatic rings. The van der Waals surface area contributed by atoms with Crippen LogP contribution in [0.1, 0.15) is 30.9 Å². The van der Waals surface area contributed by atoms with Crippen LogP contribution in [0.3, 0.4) is 0 Å². The molecule has 0 radical (unpaired) electrons. The number of unbranched alkanes of at least 4 members (excludes halogenated alkanes) is 1. The minimum Gasteiger partial charge on any atom is -0.384 e. The van der Waals surface area contributed by atoms with Gasteiger partial charge in [-0.2, -0.15) is 0 Å². The third-order valence-corrected chi connectivity index (χ3v) is 3.94. The fraction of sp³-hybridized carbons (Fsp3) is 0.429. The molecule has 0 saturated carbocycles. The fourth-order valence-corrected chi connectivity index (χ4v) is 2.83. The van der Waals surface area contributed by atoms with Gasteiger partial charge in [-0.3, -0.25) is 4.72 Å². The first-order chi connectivity index (χ1) is 8.98. The van der Waals surface area contributed by atoms with Gasteiger partial charge in [0.25, 0.3) is 0 Å². The van der Waals surface area contributed by atoms with Gasteiger partial charge in [0.1, 0.15) is 6.61 Å². The molecule has 104 valence electrons. The number of aliphatic hydroxyl groups is 1. The molecule has 0 heterocycles. The summed E-state index contributed by atoms with van der Waals surface area (Å²) in [5.74, 6) is 5.41. The summed E-state index contributed by atoms with van der Waals surface area (Å²) in [6, 6.07) is 5.28. The van der Waals surface area contributed by atoms with Crippen LogP contribution < -0.4 is 4.72 Å². The maximum atomic E-state index is 11.8. The molecule has 0 bridgehead atoms. The van der Waals surface area contributed by atoms with E-state index in [0.717, 1.165) is 12.0 Å². The van der Waals surface area contributed by atoms with Crippen molar-refractivity contribution in [3.63, 3.8) is 0 Å². The molecule has 0 atom stereocenters. The van der Waals surface area contributed by atoms with Crippen molar-refractivity contribution in [2.24, 2.45) is 0 Å². The summed E-state index contributed by atoms with van der Waals surface area (Å²) < 4.78 is 26.3. The van der Waals surface area contributed by atoms with Crippen LogP contribution in [0, 0.1) is 18.8 Å². The fourth-order valence-electron chi connectivity index (χ4n) is 1.50. The molecule has 19 heavy (non-hydrogen) atoms. The van der Waals surface area contributed by atoms with E-state index in [9.17, 15) is 8.42 Å². The average Bonchev–Trinajstić information content (AvgIpc) is 2.37. The van der Waals surface area contributed by atoms with Gasteiger partial charge in [-0.25, -0.2) is 8.42 Å². The minimum atomic E-state index is -3.30. The SMILES string of the molecule is CCCCS(=O)(=O)Nc1cc(C#CCO)ccc1C. The Bertz CT molecular complexity index is 582. The molecule has 5 heteroatoms. The lowest BCUT2D eigenvalue weighted by atomic mass is 10.1. The molecular formula is C14H19NO3S. The van der Waals surface area contributed by atoms with Crippen LogP contribution in [-0.2, 0) is 10.0 Å². The Balaban J connectivity index is 2.94. The lowest BCUT2D eigenvalue weighted by Crippen LogP contribution is -2.17. The highest BCUT2D eigenvalue weighted by molar-refractivity contribution is 7.92. The van der Waals surface area contributed by atoms with Gasteiger partial charge in [0.05, 0.1) is 11.4 Å². The van der Waals surface area contributed by atoms with Crippen molar-refractivity contribution in [1.82, 2.24) is 0 Å². The van der Waals surface area contributed by atoms with Crippen molar-refractivity contribution in [1.29, 1.82) is 0 Å². The van der Waals surface area contributed by atoms with E-state index in [1.165, 1.54) is 0 Å². The first kappa shape index (κ1) is 15.5. The van der Waals surface area contributed by atoms with Gasteiger partial charge >= 0.3 is 0 Å². The quantitative estimate of drug-likeness (QED) is 0.810. The maximum Gasteiger partial charge on any atom is 0.232 e. The van der Waals surface area contributed by atoms with E-state index in [4.69, 9.17) is 5.11 Å². The van der Waals surface area contributed by atoms with Crippen LogP contribution in [0.5, 0.6) is 0 Å². The molecule has 0 aromatic heterocycles. The first-order valence-corrected chi connectivity index (χ1v) is 7.84.